The summed E-state index contributed by atoms with van der Waals surface area (Å²) in [5.41, 5.74) is 1.73. The number of sulfonamides is 1. The van der Waals surface area contributed by atoms with Gasteiger partial charge in [0, 0.05) is 29.1 Å². The number of nitrogens with zero attached hydrogens (tertiary/aromatic N) is 2. The van der Waals surface area contributed by atoms with E-state index in [1.165, 1.54) is 17.0 Å². The van der Waals surface area contributed by atoms with Crippen molar-refractivity contribution in [2.45, 2.75) is 69.0 Å². The number of amides is 2. The lowest BCUT2D eigenvalue weighted by atomic mass is 9.94. The molecule has 0 aromatic heterocycles. The van der Waals surface area contributed by atoms with Crippen molar-refractivity contribution >= 4 is 50.7 Å². The Morgan fingerprint density at radius 2 is 1.53 bits per heavy atom. The summed E-state index contributed by atoms with van der Waals surface area (Å²) >= 11 is 12.8. The minimum atomic E-state index is -4.24. The number of carbonyl (C=O) groups is 2. The van der Waals surface area contributed by atoms with Gasteiger partial charge in [0.2, 0.25) is 11.8 Å². The Kier molecular flexibility index (Phi) is 12.6. The van der Waals surface area contributed by atoms with E-state index in [0.717, 1.165) is 42.0 Å². The van der Waals surface area contributed by atoms with Gasteiger partial charge >= 0.3 is 0 Å². The quantitative estimate of drug-likeness (QED) is 0.144. The molecule has 0 unspecified atom stereocenters. The first-order valence-electron chi connectivity index (χ1n) is 16.5. The van der Waals surface area contributed by atoms with Gasteiger partial charge in [-0.05, 0) is 79.4 Å². The van der Waals surface area contributed by atoms with E-state index in [1.807, 2.05) is 37.3 Å². The second-order valence-electron chi connectivity index (χ2n) is 12.1. The summed E-state index contributed by atoms with van der Waals surface area (Å²) in [6.07, 6.45) is 5.11. The summed E-state index contributed by atoms with van der Waals surface area (Å²) in [5.74, 6) is -0.332. The number of para-hydroxylation sites is 1. The van der Waals surface area contributed by atoms with Crippen LogP contribution < -0.4 is 14.4 Å². The standard InChI is InChI=1S/C38H41Cl2N3O5S/c1-2-48-33-20-22-34(23-21-33)49(46,47)43(32-16-10-5-11-17-32)27-37(44)42(26-29-18-19-30(39)25-35(29)40)36(24-28-12-6-3-7-13-28)38(45)41-31-14-8-4-9-15-31/h3,5-7,10-13,16-23,25,31,36H,2,4,8-9,14-15,24,26-27H2,1H3,(H,41,45)/t36-/m0/s1. The lowest BCUT2D eigenvalue weighted by Crippen LogP contribution is -2.55. The number of rotatable bonds is 14. The zero-order valence-corrected chi connectivity index (χ0v) is 29.8. The third kappa shape index (κ3) is 9.56. The monoisotopic (exact) mass is 721 g/mol. The molecular weight excluding hydrogens is 681 g/mol. The molecule has 1 aliphatic rings. The van der Waals surface area contributed by atoms with E-state index in [0.29, 0.717) is 33.7 Å². The lowest BCUT2D eigenvalue weighted by molar-refractivity contribution is -0.140. The second-order valence-corrected chi connectivity index (χ2v) is 14.8. The molecule has 1 atom stereocenters. The van der Waals surface area contributed by atoms with Crippen LogP contribution in [-0.4, -0.2) is 50.4 Å². The van der Waals surface area contributed by atoms with Crippen LogP contribution in [0.4, 0.5) is 5.69 Å². The molecule has 0 spiro atoms. The van der Waals surface area contributed by atoms with Crippen LogP contribution in [0.1, 0.15) is 50.2 Å². The largest absolute Gasteiger partial charge is 0.494 e. The van der Waals surface area contributed by atoms with E-state index in [1.54, 1.807) is 60.7 Å². The summed E-state index contributed by atoms with van der Waals surface area (Å²) in [5, 5.41) is 3.97. The van der Waals surface area contributed by atoms with Gasteiger partial charge in [-0.3, -0.25) is 13.9 Å². The highest BCUT2D eigenvalue weighted by Gasteiger charge is 2.35. The molecule has 1 aliphatic carbocycles. The number of hydrogen-bond acceptors (Lipinski definition) is 5. The van der Waals surface area contributed by atoms with Crippen LogP contribution >= 0.6 is 23.2 Å². The Morgan fingerprint density at radius 1 is 0.878 bits per heavy atom. The molecule has 0 heterocycles. The van der Waals surface area contributed by atoms with Crippen LogP contribution in [0.25, 0.3) is 0 Å². The van der Waals surface area contributed by atoms with E-state index in [9.17, 15) is 18.0 Å². The van der Waals surface area contributed by atoms with Crippen LogP contribution in [0.3, 0.4) is 0 Å². The molecule has 4 aromatic rings. The maximum absolute atomic E-state index is 14.7. The van der Waals surface area contributed by atoms with Gasteiger partial charge in [0.05, 0.1) is 17.2 Å². The van der Waals surface area contributed by atoms with Gasteiger partial charge in [-0.2, -0.15) is 0 Å². The fraction of sp³-hybridized carbons (Fsp3) is 0.316. The minimum Gasteiger partial charge on any atom is -0.494 e. The van der Waals surface area contributed by atoms with Crippen molar-refractivity contribution in [3.63, 3.8) is 0 Å². The molecular formula is C38H41Cl2N3O5S. The first-order chi connectivity index (χ1) is 23.7. The first kappa shape index (κ1) is 36.2. The Hall–Kier alpha value is -4.05. The number of anilines is 1. The normalized spacial score (nSPS) is 14.1. The molecule has 8 nitrogen and oxygen atoms in total. The van der Waals surface area contributed by atoms with Crippen molar-refractivity contribution in [1.82, 2.24) is 10.2 Å². The van der Waals surface area contributed by atoms with E-state index in [-0.39, 0.29) is 29.8 Å². The molecule has 0 bridgehead atoms. The zero-order valence-electron chi connectivity index (χ0n) is 27.4. The van der Waals surface area contributed by atoms with Gasteiger partial charge in [-0.15, -0.1) is 0 Å². The van der Waals surface area contributed by atoms with Crippen molar-refractivity contribution in [2.24, 2.45) is 0 Å². The average molecular weight is 723 g/mol. The highest BCUT2D eigenvalue weighted by molar-refractivity contribution is 7.92. The average Bonchev–Trinajstić information content (AvgIpc) is 3.11. The third-order valence-corrected chi connectivity index (χ3v) is 11.0. The van der Waals surface area contributed by atoms with Crippen molar-refractivity contribution < 1.29 is 22.7 Å². The molecule has 258 valence electrons. The van der Waals surface area contributed by atoms with Crippen LogP contribution in [0.5, 0.6) is 5.75 Å². The number of ether oxygens (including phenoxy) is 1. The third-order valence-electron chi connectivity index (χ3n) is 8.62. The number of benzene rings is 4. The molecule has 5 rings (SSSR count). The highest BCUT2D eigenvalue weighted by Crippen LogP contribution is 2.28. The molecule has 4 aromatic carbocycles. The maximum atomic E-state index is 14.7. The van der Waals surface area contributed by atoms with Crippen LogP contribution in [0, 0.1) is 0 Å². The van der Waals surface area contributed by atoms with Crippen molar-refractivity contribution in [1.29, 1.82) is 0 Å². The Bertz CT molecular complexity index is 1800. The summed E-state index contributed by atoms with van der Waals surface area (Å²) in [6, 6.07) is 28.0. The van der Waals surface area contributed by atoms with E-state index in [4.69, 9.17) is 27.9 Å². The number of hydrogen-bond donors (Lipinski definition) is 1. The van der Waals surface area contributed by atoms with Gasteiger partial charge in [0.25, 0.3) is 10.0 Å². The topological polar surface area (TPSA) is 96.0 Å². The number of nitrogens with one attached hydrogen (secondary N) is 1. The van der Waals surface area contributed by atoms with Crippen molar-refractivity contribution in [3.8, 4) is 5.75 Å². The maximum Gasteiger partial charge on any atom is 0.264 e. The zero-order chi connectivity index (χ0) is 34.8. The Labute approximate surface area is 299 Å². The van der Waals surface area contributed by atoms with Gasteiger partial charge in [-0.25, -0.2) is 8.42 Å². The highest BCUT2D eigenvalue weighted by atomic mass is 35.5. The van der Waals surface area contributed by atoms with E-state index in [2.05, 4.69) is 5.32 Å². The number of halogens is 2. The molecule has 1 saturated carbocycles. The van der Waals surface area contributed by atoms with Crippen LogP contribution in [-0.2, 0) is 32.6 Å². The Balaban J connectivity index is 1.55. The molecule has 2 amide bonds. The van der Waals surface area contributed by atoms with Gasteiger partial charge in [0.1, 0.15) is 18.3 Å². The van der Waals surface area contributed by atoms with Crippen molar-refractivity contribution in [3.05, 3.63) is 124 Å². The SMILES string of the molecule is CCOc1ccc(S(=O)(=O)N(CC(=O)N(Cc2ccc(Cl)cc2Cl)[C@@H](Cc2ccccc2)C(=O)NC2CCCCC2)c2ccccc2)cc1. The molecule has 0 radical (unpaired) electrons. The molecule has 0 aliphatic heterocycles. The van der Waals surface area contributed by atoms with Crippen LogP contribution in [0.15, 0.2) is 108 Å². The predicted octanol–water partition coefficient (Wildman–Crippen LogP) is 7.68. The number of carbonyl (C=O) groups excluding carboxylic acids is 2. The molecule has 11 heteroatoms. The second kappa shape index (κ2) is 17.1. The molecule has 1 N–H and O–H groups in total. The van der Waals surface area contributed by atoms with Crippen LogP contribution in [0.2, 0.25) is 10.0 Å². The summed E-state index contributed by atoms with van der Waals surface area (Å²) < 4.78 is 35.1. The fourth-order valence-electron chi connectivity index (χ4n) is 6.06. The van der Waals surface area contributed by atoms with Gasteiger partial charge < -0.3 is 15.0 Å². The summed E-state index contributed by atoms with van der Waals surface area (Å²) in [7, 11) is -4.24. The van der Waals surface area contributed by atoms with Crippen molar-refractivity contribution in [2.75, 3.05) is 17.5 Å². The minimum absolute atomic E-state index is 0.00329. The lowest BCUT2D eigenvalue weighted by Gasteiger charge is -2.35. The predicted molar refractivity (Wildman–Crippen MR) is 195 cm³/mol. The fourth-order valence-corrected chi connectivity index (χ4v) is 7.94. The Morgan fingerprint density at radius 3 is 2.16 bits per heavy atom. The smallest absolute Gasteiger partial charge is 0.264 e. The van der Waals surface area contributed by atoms with Gasteiger partial charge in [-0.1, -0.05) is 97.1 Å². The van der Waals surface area contributed by atoms with E-state index < -0.39 is 28.5 Å². The molecule has 0 saturated heterocycles. The molecule has 1 fully saturated rings. The summed E-state index contributed by atoms with van der Waals surface area (Å²) in [4.78, 5) is 30.4. The molecule has 49 heavy (non-hydrogen) atoms. The van der Waals surface area contributed by atoms with E-state index >= 15 is 0 Å². The summed E-state index contributed by atoms with van der Waals surface area (Å²) in [6.45, 7) is 1.67. The van der Waals surface area contributed by atoms with Gasteiger partial charge in [0.15, 0.2) is 0 Å². The first-order valence-corrected chi connectivity index (χ1v) is 18.7.